The van der Waals surface area contributed by atoms with Gasteiger partial charge in [0.2, 0.25) is 0 Å². The Hall–Kier alpha value is -4.07. The number of rotatable bonds is 9. The van der Waals surface area contributed by atoms with Crippen molar-refractivity contribution in [2.45, 2.75) is 45.9 Å². The molecule has 0 fully saturated rings. The highest BCUT2D eigenvalue weighted by Gasteiger charge is 2.42. The smallest absolute Gasteiger partial charge is 0.408 e. The lowest BCUT2D eigenvalue weighted by Gasteiger charge is -2.33. The van der Waals surface area contributed by atoms with E-state index in [4.69, 9.17) is 9.16 Å². The summed E-state index contributed by atoms with van der Waals surface area (Å²) in [6, 6.07) is 33.9. The number of ether oxygens (including phenoxy) is 1. The van der Waals surface area contributed by atoms with Crippen LogP contribution in [0.2, 0.25) is 0 Å². The summed E-state index contributed by atoms with van der Waals surface area (Å²) >= 11 is 0. The molecule has 0 aliphatic heterocycles. The van der Waals surface area contributed by atoms with Gasteiger partial charge in [-0.15, -0.1) is 0 Å². The Balaban J connectivity index is 1.77. The first-order valence-corrected chi connectivity index (χ1v) is 14.9. The van der Waals surface area contributed by atoms with Crippen molar-refractivity contribution in [1.29, 1.82) is 0 Å². The van der Waals surface area contributed by atoms with Gasteiger partial charge in [-0.2, -0.15) is 0 Å². The zero-order chi connectivity index (χ0) is 27.9. The van der Waals surface area contributed by atoms with Crippen LogP contribution < -0.4 is 20.9 Å². The van der Waals surface area contributed by atoms with E-state index in [0.29, 0.717) is 12.0 Å². The molecular weight excluding hydrogens is 504 g/mol. The Morgan fingerprint density at radius 2 is 1.33 bits per heavy atom. The van der Waals surface area contributed by atoms with Crippen molar-refractivity contribution in [3.8, 4) is 0 Å². The maximum absolute atomic E-state index is 12.5. The molecule has 4 rings (SSSR count). The number of hydrogen-bond donors (Lipinski definition) is 1. The molecular formula is C32H34N2O4Si. The van der Waals surface area contributed by atoms with Crippen LogP contribution in [0.25, 0.3) is 0 Å². The Morgan fingerprint density at radius 1 is 0.846 bits per heavy atom. The van der Waals surface area contributed by atoms with Crippen molar-refractivity contribution in [3.63, 3.8) is 0 Å². The minimum absolute atomic E-state index is 0.229. The first-order valence-electron chi connectivity index (χ1n) is 13.0. The number of nitrogens with one attached hydrogen (secondary N) is 1. The summed E-state index contributed by atoms with van der Waals surface area (Å²) < 4.78 is 12.5. The predicted molar refractivity (Wildman–Crippen MR) is 156 cm³/mol. The number of carbonyl (C=O) groups excluding carboxylic acids is 2. The van der Waals surface area contributed by atoms with E-state index < -0.39 is 26.1 Å². The van der Waals surface area contributed by atoms with E-state index in [2.05, 4.69) is 46.7 Å². The van der Waals surface area contributed by atoms with Crippen LogP contribution in [0.5, 0.6) is 0 Å². The summed E-state index contributed by atoms with van der Waals surface area (Å²) in [4.78, 5) is 28.7. The molecule has 0 bridgehead atoms. The van der Waals surface area contributed by atoms with Gasteiger partial charge in [0.1, 0.15) is 11.3 Å². The number of alkyl carbamates (subject to hydrolysis) is 1. The Labute approximate surface area is 231 Å². The molecule has 200 valence electrons. The molecule has 39 heavy (non-hydrogen) atoms. The molecule has 6 nitrogen and oxygen atoms in total. The number of nitrogens with zero attached hydrogens (tertiary/aromatic N) is 1. The molecule has 1 aromatic heterocycles. The summed E-state index contributed by atoms with van der Waals surface area (Å²) in [7, 11) is -2.96. The summed E-state index contributed by atoms with van der Waals surface area (Å²) in [6.07, 6.45) is 0.146. The normalized spacial score (nSPS) is 12.4. The van der Waals surface area contributed by atoms with E-state index in [9.17, 15) is 9.59 Å². The first-order chi connectivity index (χ1) is 18.7. The molecule has 3 aromatic carbocycles. The molecule has 0 spiro atoms. The van der Waals surface area contributed by atoms with Crippen LogP contribution in [-0.4, -0.2) is 31.3 Å². The Kier molecular flexibility index (Phi) is 8.74. The molecule has 1 amide bonds. The molecule has 0 aliphatic rings. The highest BCUT2D eigenvalue weighted by molar-refractivity contribution is 7.07. The zero-order valence-electron chi connectivity index (χ0n) is 22.8. The summed E-state index contributed by atoms with van der Waals surface area (Å²) in [5, 5.41) is 6.19. The molecule has 0 saturated carbocycles. The fourth-order valence-electron chi connectivity index (χ4n) is 4.59. The number of carbonyl (C=O) groups is 2. The van der Waals surface area contributed by atoms with Gasteiger partial charge in [0, 0.05) is 5.56 Å². The van der Waals surface area contributed by atoms with Crippen molar-refractivity contribution in [3.05, 3.63) is 120 Å². The van der Waals surface area contributed by atoms with E-state index in [0.717, 1.165) is 21.1 Å². The number of amides is 1. The van der Waals surface area contributed by atoms with Gasteiger partial charge in [0.25, 0.3) is 8.32 Å². The number of hydrogen-bond acceptors (Lipinski definition) is 5. The fraction of sp³-hybridized carbons (Fsp3) is 0.219. The Morgan fingerprint density at radius 3 is 1.77 bits per heavy atom. The molecule has 7 heteroatoms. The Bertz CT molecular complexity index is 1290. The van der Waals surface area contributed by atoms with E-state index in [1.54, 1.807) is 6.07 Å². The van der Waals surface area contributed by atoms with Gasteiger partial charge in [-0.05, 0) is 49.3 Å². The second-order valence-electron chi connectivity index (χ2n) is 10.3. The summed E-state index contributed by atoms with van der Waals surface area (Å²) in [6.45, 7) is 7.47. The summed E-state index contributed by atoms with van der Waals surface area (Å²) in [5.41, 5.74) is 0.982. The van der Waals surface area contributed by atoms with Gasteiger partial charge in [0.05, 0.1) is 18.3 Å². The minimum atomic E-state index is -2.96. The monoisotopic (exact) mass is 538 g/mol. The highest BCUT2D eigenvalue weighted by Crippen LogP contribution is 2.21. The average molecular weight is 539 g/mol. The van der Waals surface area contributed by atoms with Crippen LogP contribution in [0, 0.1) is 0 Å². The average Bonchev–Trinajstić information content (AvgIpc) is 2.94. The molecule has 1 unspecified atom stereocenters. The van der Waals surface area contributed by atoms with E-state index >= 15 is 0 Å². The lowest BCUT2D eigenvalue weighted by Crippen LogP contribution is -2.69. The second kappa shape index (κ2) is 12.2. The van der Waals surface area contributed by atoms with Crippen molar-refractivity contribution in [1.82, 2.24) is 10.3 Å². The SMILES string of the molecule is CC(NC(=O)OC(C)(C)C)c1nc(C=O)ccc1CO[Si](c1ccccc1)(c1ccccc1)c1ccccc1. The quantitative estimate of drug-likeness (QED) is 0.191. The molecule has 1 atom stereocenters. The molecule has 0 aliphatic carbocycles. The van der Waals surface area contributed by atoms with E-state index in [1.807, 2.05) is 88.4 Å². The number of aromatic nitrogens is 1. The maximum atomic E-state index is 12.5. The highest BCUT2D eigenvalue weighted by atomic mass is 28.4. The molecule has 0 saturated heterocycles. The largest absolute Gasteiger partial charge is 0.444 e. The van der Waals surface area contributed by atoms with Crippen LogP contribution in [-0.2, 0) is 15.8 Å². The van der Waals surface area contributed by atoms with Crippen LogP contribution in [0.4, 0.5) is 4.79 Å². The van der Waals surface area contributed by atoms with Crippen LogP contribution >= 0.6 is 0 Å². The molecule has 4 aromatic rings. The third kappa shape index (κ3) is 6.68. The van der Waals surface area contributed by atoms with Crippen molar-refractivity contribution in [2.24, 2.45) is 0 Å². The number of aldehydes is 1. The number of pyridine rings is 1. The third-order valence-electron chi connectivity index (χ3n) is 6.28. The lowest BCUT2D eigenvalue weighted by atomic mass is 10.1. The third-order valence-corrected chi connectivity index (χ3v) is 10.3. The summed E-state index contributed by atoms with van der Waals surface area (Å²) in [5.74, 6) is 0. The van der Waals surface area contributed by atoms with E-state index in [1.165, 1.54) is 0 Å². The van der Waals surface area contributed by atoms with Crippen molar-refractivity contribution in [2.75, 3.05) is 0 Å². The van der Waals surface area contributed by atoms with Gasteiger partial charge in [0.15, 0.2) is 6.29 Å². The first kappa shape index (κ1) is 27.9. The van der Waals surface area contributed by atoms with Crippen LogP contribution in [0.3, 0.4) is 0 Å². The number of benzene rings is 3. The lowest BCUT2D eigenvalue weighted by molar-refractivity contribution is 0.0506. The van der Waals surface area contributed by atoms with Gasteiger partial charge in [-0.25, -0.2) is 9.78 Å². The van der Waals surface area contributed by atoms with Gasteiger partial charge < -0.3 is 14.5 Å². The van der Waals surface area contributed by atoms with Gasteiger partial charge in [-0.3, -0.25) is 4.79 Å². The minimum Gasteiger partial charge on any atom is -0.444 e. The van der Waals surface area contributed by atoms with Crippen LogP contribution in [0.1, 0.15) is 55.5 Å². The second-order valence-corrected chi connectivity index (χ2v) is 13.7. The van der Waals surface area contributed by atoms with Crippen molar-refractivity contribution >= 4 is 36.3 Å². The van der Waals surface area contributed by atoms with Gasteiger partial charge >= 0.3 is 6.09 Å². The zero-order valence-corrected chi connectivity index (χ0v) is 23.8. The van der Waals surface area contributed by atoms with E-state index in [-0.39, 0.29) is 12.3 Å². The predicted octanol–water partition coefficient (Wildman–Crippen LogP) is 4.66. The van der Waals surface area contributed by atoms with Gasteiger partial charge in [-0.1, -0.05) is 97.1 Å². The molecule has 1 N–H and O–H groups in total. The molecule has 1 heterocycles. The topological polar surface area (TPSA) is 77.5 Å². The van der Waals surface area contributed by atoms with Crippen molar-refractivity contribution < 1.29 is 18.8 Å². The maximum Gasteiger partial charge on any atom is 0.408 e. The molecule has 0 radical (unpaired) electrons. The van der Waals surface area contributed by atoms with Crippen LogP contribution in [0.15, 0.2) is 103 Å². The fourth-order valence-corrected chi connectivity index (χ4v) is 8.45. The standard InChI is InChI=1S/C32H34N2O4Si/c1-24(33-31(36)38-32(2,3)4)30-25(20-21-26(22-35)34-30)23-37-39(27-14-8-5-9-15-27,28-16-10-6-11-17-28)29-18-12-7-13-19-29/h5-22,24H,23H2,1-4H3,(H,33,36).